The van der Waals surface area contributed by atoms with Crippen molar-refractivity contribution in [2.75, 3.05) is 0 Å². The van der Waals surface area contributed by atoms with Crippen molar-refractivity contribution in [2.24, 2.45) is 0 Å². The van der Waals surface area contributed by atoms with Crippen LogP contribution in [0.2, 0.25) is 0 Å². The Morgan fingerprint density at radius 3 is 1.50 bits per heavy atom. The van der Waals surface area contributed by atoms with Crippen molar-refractivity contribution in [1.82, 2.24) is 0 Å². The lowest BCUT2D eigenvalue weighted by atomic mass is 10.7. The van der Waals surface area contributed by atoms with Gasteiger partial charge in [-0.25, -0.2) is 4.79 Å². The van der Waals surface area contributed by atoms with Crippen LogP contribution in [0.1, 0.15) is 0 Å². The molecule has 0 bridgehead atoms. The molecule has 0 aromatic rings. The highest BCUT2D eigenvalue weighted by Gasteiger charge is 2.38. The van der Waals surface area contributed by atoms with Gasteiger partial charge in [-0.05, 0) is 0 Å². The van der Waals surface area contributed by atoms with Crippen LogP contribution in [0.15, 0.2) is 0 Å². The lowest BCUT2D eigenvalue weighted by Crippen LogP contribution is -2.21. The van der Waals surface area contributed by atoms with Gasteiger partial charge in [-0.2, -0.15) is 13.2 Å². The first-order valence-electron chi connectivity index (χ1n) is 1.24. The molecule has 0 aliphatic rings. The Kier molecular flexibility index (Phi) is 4.27. The van der Waals surface area contributed by atoms with Crippen molar-refractivity contribution < 1.29 is 23.1 Å². The highest BCUT2D eigenvalue weighted by molar-refractivity contribution is 5.75. The molecular weight excluding hydrogens is 137 g/mol. The van der Waals surface area contributed by atoms with Gasteiger partial charge in [0.05, 0.1) is 0 Å². The third kappa shape index (κ3) is 4.19. The van der Waals surface area contributed by atoms with E-state index in [9.17, 15) is 13.2 Å². The summed E-state index contributed by atoms with van der Waals surface area (Å²) in [5.41, 5.74) is 0. The fraction of sp³-hybridized carbons (Fsp3) is 0.500. The van der Waals surface area contributed by atoms with Gasteiger partial charge in [0.15, 0.2) is 0 Å². The van der Waals surface area contributed by atoms with E-state index in [1.54, 1.807) is 0 Å². The second-order valence-corrected chi connectivity index (χ2v) is 0.803. The summed E-state index contributed by atoms with van der Waals surface area (Å²) in [7, 11) is 0. The van der Waals surface area contributed by atoms with E-state index in [2.05, 4.69) is 0 Å². The van der Waals surface area contributed by atoms with E-state index >= 15 is 0 Å². The van der Waals surface area contributed by atoms with E-state index in [4.69, 9.17) is 9.90 Å². The second-order valence-electron chi connectivity index (χ2n) is 0.803. The highest BCUT2D eigenvalue weighted by Crippen LogP contribution is 2.13. The molecule has 0 amide bonds. The minimum Gasteiger partial charge on any atom is -0.475 e. The summed E-state index contributed by atoms with van der Waals surface area (Å²) in [6, 6.07) is 0. The Balaban J connectivity index is 0. The summed E-state index contributed by atoms with van der Waals surface area (Å²) in [6.45, 7) is 0. The molecule has 0 aliphatic heterocycles. The van der Waals surface area contributed by atoms with Crippen molar-refractivity contribution in [3.63, 3.8) is 0 Å². The third-order valence-corrected chi connectivity index (χ3v) is 0.243. The van der Waals surface area contributed by atoms with Crippen molar-refractivity contribution in [2.45, 2.75) is 6.18 Å². The van der Waals surface area contributed by atoms with E-state index < -0.39 is 12.1 Å². The molecule has 0 saturated carbocycles. The van der Waals surface area contributed by atoms with Gasteiger partial charge in [-0.15, -0.1) is 0 Å². The standard InChI is InChI=1S/C2HF3O2.Mg.2H/c3-2(4,5)1(6)7;;;/h(H,6,7);;;. The van der Waals surface area contributed by atoms with Gasteiger partial charge in [0, 0.05) is 0 Å². The summed E-state index contributed by atoms with van der Waals surface area (Å²) in [6.07, 6.45) is -5.08. The Hall–Kier alpha value is 0.0262. The Morgan fingerprint density at radius 2 is 1.50 bits per heavy atom. The van der Waals surface area contributed by atoms with E-state index in [1.165, 1.54) is 0 Å². The molecule has 0 heterocycles. The maximum Gasteiger partial charge on any atom is 0.490 e. The van der Waals surface area contributed by atoms with Crippen molar-refractivity contribution >= 4 is 29.0 Å². The number of aliphatic carboxylic acids is 1. The molecule has 0 rings (SSSR count). The number of hydrogen-bond donors (Lipinski definition) is 1. The van der Waals surface area contributed by atoms with Crippen molar-refractivity contribution in [3.05, 3.63) is 0 Å². The van der Waals surface area contributed by atoms with Crippen LogP contribution in [-0.2, 0) is 4.79 Å². The number of carbonyl (C=O) groups is 1. The van der Waals surface area contributed by atoms with Crippen LogP contribution >= 0.6 is 0 Å². The first kappa shape index (κ1) is 10.9. The maximum atomic E-state index is 10.6. The molecule has 0 unspecified atom stereocenters. The average molecular weight is 140 g/mol. The van der Waals surface area contributed by atoms with Crippen LogP contribution < -0.4 is 0 Å². The van der Waals surface area contributed by atoms with Gasteiger partial charge >= 0.3 is 35.2 Å². The molecule has 0 aromatic heterocycles. The molecule has 0 fully saturated rings. The minimum atomic E-state index is -5.08. The fourth-order valence-corrected chi connectivity index (χ4v) is 0. The summed E-state index contributed by atoms with van der Waals surface area (Å²) >= 11 is 0. The molecular formula is C2H3F3MgO2. The molecule has 0 radical (unpaired) electrons. The largest absolute Gasteiger partial charge is 0.490 e. The van der Waals surface area contributed by atoms with Crippen molar-refractivity contribution in [3.8, 4) is 0 Å². The summed E-state index contributed by atoms with van der Waals surface area (Å²) in [5, 5.41) is 7.12. The van der Waals surface area contributed by atoms with Gasteiger partial charge in [0.1, 0.15) is 0 Å². The van der Waals surface area contributed by atoms with Crippen molar-refractivity contribution in [1.29, 1.82) is 0 Å². The molecule has 0 aromatic carbocycles. The van der Waals surface area contributed by atoms with Crippen LogP contribution in [0.4, 0.5) is 13.2 Å². The summed E-state index contributed by atoms with van der Waals surface area (Å²) < 4.78 is 31.7. The molecule has 6 heteroatoms. The van der Waals surface area contributed by atoms with Gasteiger partial charge in [-0.1, -0.05) is 0 Å². The zero-order valence-corrected chi connectivity index (χ0v) is 2.99. The lowest BCUT2D eigenvalue weighted by molar-refractivity contribution is -0.192. The van der Waals surface area contributed by atoms with E-state index in [-0.39, 0.29) is 23.1 Å². The van der Waals surface area contributed by atoms with Crippen LogP contribution in [0.25, 0.3) is 0 Å². The number of carboxylic acid groups (broad SMARTS) is 1. The third-order valence-electron chi connectivity index (χ3n) is 0.243. The zero-order valence-electron chi connectivity index (χ0n) is 2.99. The van der Waals surface area contributed by atoms with Crippen LogP contribution in [0.3, 0.4) is 0 Å². The van der Waals surface area contributed by atoms with Crippen LogP contribution in [0, 0.1) is 0 Å². The topological polar surface area (TPSA) is 37.3 Å². The first-order valence-corrected chi connectivity index (χ1v) is 1.24. The highest BCUT2D eigenvalue weighted by atomic mass is 24.3. The number of rotatable bonds is 0. The molecule has 0 spiro atoms. The van der Waals surface area contributed by atoms with Crippen LogP contribution in [0.5, 0.6) is 0 Å². The van der Waals surface area contributed by atoms with E-state index in [0.717, 1.165) is 0 Å². The number of hydrogen-bond acceptors (Lipinski definition) is 1. The number of alkyl halides is 3. The fourth-order valence-electron chi connectivity index (χ4n) is 0. The summed E-state index contributed by atoms with van der Waals surface area (Å²) in [4.78, 5) is 8.90. The predicted octanol–water partition coefficient (Wildman–Crippen LogP) is -0.283. The molecule has 0 aliphatic carbocycles. The summed E-state index contributed by atoms with van der Waals surface area (Å²) in [5.74, 6) is -2.76. The molecule has 2 nitrogen and oxygen atoms in total. The maximum absolute atomic E-state index is 10.6. The van der Waals surface area contributed by atoms with Gasteiger partial charge in [0.2, 0.25) is 0 Å². The number of halogens is 3. The molecule has 0 atom stereocenters. The monoisotopic (exact) mass is 140 g/mol. The van der Waals surface area contributed by atoms with Gasteiger partial charge in [-0.3, -0.25) is 0 Å². The normalized spacial score (nSPS) is 9.88. The Morgan fingerprint density at radius 1 is 1.38 bits per heavy atom. The number of carboxylic acids is 1. The minimum absolute atomic E-state index is 0. The van der Waals surface area contributed by atoms with Gasteiger partial charge < -0.3 is 5.11 Å². The smallest absolute Gasteiger partial charge is 0.475 e. The van der Waals surface area contributed by atoms with Gasteiger partial charge in [0.25, 0.3) is 0 Å². The zero-order chi connectivity index (χ0) is 6.08. The lowest BCUT2D eigenvalue weighted by Gasteiger charge is -1.93. The van der Waals surface area contributed by atoms with E-state index in [1.807, 2.05) is 0 Å². The molecule has 46 valence electrons. The second kappa shape index (κ2) is 3.13. The Labute approximate surface area is 58.8 Å². The molecule has 1 N–H and O–H groups in total. The molecule has 8 heavy (non-hydrogen) atoms. The van der Waals surface area contributed by atoms with E-state index in [0.29, 0.717) is 0 Å². The van der Waals surface area contributed by atoms with Crippen LogP contribution in [-0.4, -0.2) is 40.3 Å². The quantitative estimate of drug-likeness (QED) is 0.470. The SMILES string of the molecule is O=C(O)C(F)(F)F.[MgH2]. The molecule has 0 saturated heterocycles. The Bertz CT molecular complexity index is 87.8. The predicted molar refractivity (Wildman–Crippen MR) is 22.2 cm³/mol. The average Bonchev–Trinajstić information content (AvgIpc) is 1.31. The first-order chi connectivity index (χ1) is 2.94.